The second kappa shape index (κ2) is 3.68. The van der Waals surface area contributed by atoms with Gasteiger partial charge in [0.25, 0.3) is 0 Å². The van der Waals surface area contributed by atoms with E-state index in [0.29, 0.717) is 13.0 Å². The van der Waals surface area contributed by atoms with E-state index in [1.807, 2.05) is 0 Å². The lowest BCUT2D eigenvalue weighted by Crippen LogP contribution is -2.46. The second-order valence-electron chi connectivity index (χ2n) is 4.57. The Morgan fingerprint density at radius 2 is 1.88 bits per heavy atom. The van der Waals surface area contributed by atoms with Gasteiger partial charge in [0.15, 0.2) is 0 Å². The summed E-state index contributed by atoms with van der Waals surface area (Å²) >= 11 is 0. The molecule has 0 bridgehead atoms. The van der Waals surface area contributed by atoms with Gasteiger partial charge in [0.05, 0.1) is 5.92 Å². The molecule has 1 saturated carbocycles. The van der Waals surface area contributed by atoms with E-state index >= 15 is 0 Å². The number of nitrogens with zero attached hydrogens (tertiary/aromatic N) is 1. The minimum Gasteiger partial charge on any atom is -0.481 e. The third-order valence-corrected chi connectivity index (χ3v) is 3.29. The first-order chi connectivity index (χ1) is 7.39. The molecule has 0 spiro atoms. The number of alkyl halides is 2. The maximum absolute atomic E-state index is 12.6. The molecule has 1 amide bonds. The highest BCUT2D eigenvalue weighted by atomic mass is 19.3. The molecule has 1 saturated heterocycles. The Balaban J connectivity index is 1.86. The van der Waals surface area contributed by atoms with E-state index in [1.165, 1.54) is 4.90 Å². The molecule has 0 aromatic carbocycles. The molecule has 90 valence electrons. The summed E-state index contributed by atoms with van der Waals surface area (Å²) in [6.45, 7) is 0.536. The van der Waals surface area contributed by atoms with Gasteiger partial charge in [0.1, 0.15) is 0 Å². The van der Waals surface area contributed by atoms with Gasteiger partial charge in [0, 0.05) is 31.8 Å². The zero-order valence-electron chi connectivity index (χ0n) is 8.66. The molecule has 1 aliphatic heterocycles. The lowest BCUT2D eigenvalue weighted by atomic mass is 9.80. The predicted octanol–water partition coefficient (Wildman–Crippen LogP) is 0.965. The summed E-state index contributed by atoms with van der Waals surface area (Å²) in [4.78, 5) is 23.8. The van der Waals surface area contributed by atoms with E-state index in [2.05, 4.69) is 0 Å². The third kappa shape index (κ3) is 2.01. The molecule has 4 nitrogen and oxygen atoms in total. The Hall–Kier alpha value is -1.20. The number of carboxylic acids is 1. The molecule has 1 unspecified atom stereocenters. The highest BCUT2D eigenvalue weighted by molar-refractivity contribution is 5.81. The molecule has 0 aromatic heterocycles. The Kier molecular flexibility index (Phi) is 2.59. The van der Waals surface area contributed by atoms with Gasteiger partial charge in [-0.1, -0.05) is 0 Å². The number of amides is 1. The standard InChI is InChI=1S/C10H13F2NO3/c11-10(12)3-7(4-10)8(14)13-2-1-6(5-13)9(15)16/h6-7H,1-5H2,(H,15,16). The molecular formula is C10H13F2NO3. The van der Waals surface area contributed by atoms with Crippen molar-refractivity contribution in [2.24, 2.45) is 11.8 Å². The molecule has 2 aliphatic rings. The van der Waals surface area contributed by atoms with E-state index in [9.17, 15) is 18.4 Å². The first-order valence-electron chi connectivity index (χ1n) is 5.28. The number of rotatable bonds is 2. The first kappa shape index (κ1) is 11.3. The minimum atomic E-state index is -2.70. The van der Waals surface area contributed by atoms with E-state index in [4.69, 9.17) is 5.11 Å². The van der Waals surface area contributed by atoms with Crippen LogP contribution in [0.4, 0.5) is 8.78 Å². The molecule has 1 N–H and O–H groups in total. The van der Waals surface area contributed by atoms with Crippen LogP contribution < -0.4 is 0 Å². The molecule has 1 aliphatic carbocycles. The first-order valence-corrected chi connectivity index (χ1v) is 5.28. The normalized spacial score (nSPS) is 28.9. The SMILES string of the molecule is O=C(O)C1CCN(C(=O)C2CC(F)(F)C2)C1. The lowest BCUT2D eigenvalue weighted by Gasteiger charge is -2.36. The Bertz CT molecular complexity index is 324. The quantitative estimate of drug-likeness (QED) is 0.773. The molecule has 6 heteroatoms. The van der Waals surface area contributed by atoms with Gasteiger partial charge >= 0.3 is 5.97 Å². The van der Waals surface area contributed by atoms with Gasteiger partial charge in [-0.25, -0.2) is 8.78 Å². The largest absolute Gasteiger partial charge is 0.481 e. The number of carbonyl (C=O) groups excluding carboxylic acids is 1. The van der Waals surface area contributed by atoms with Crippen molar-refractivity contribution in [2.75, 3.05) is 13.1 Å². The van der Waals surface area contributed by atoms with Gasteiger partial charge < -0.3 is 10.0 Å². The zero-order chi connectivity index (χ0) is 11.9. The number of carbonyl (C=O) groups is 2. The Morgan fingerprint density at radius 3 is 2.31 bits per heavy atom. The van der Waals surface area contributed by atoms with Crippen molar-refractivity contribution >= 4 is 11.9 Å². The third-order valence-electron chi connectivity index (χ3n) is 3.29. The van der Waals surface area contributed by atoms with Gasteiger partial charge in [0.2, 0.25) is 11.8 Å². The fraction of sp³-hybridized carbons (Fsp3) is 0.800. The average Bonchev–Trinajstić information content (AvgIpc) is 2.61. The van der Waals surface area contributed by atoms with Gasteiger partial charge in [-0.2, -0.15) is 0 Å². The van der Waals surface area contributed by atoms with Crippen LogP contribution in [-0.4, -0.2) is 40.9 Å². The number of carboxylic acid groups (broad SMARTS) is 1. The Labute approximate surface area is 91.2 Å². The van der Waals surface area contributed by atoms with E-state index in [0.717, 1.165) is 0 Å². The van der Waals surface area contributed by atoms with Crippen molar-refractivity contribution < 1.29 is 23.5 Å². The fourth-order valence-electron chi connectivity index (χ4n) is 2.26. The summed E-state index contributed by atoms with van der Waals surface area (Å²) in [5.41, 5.74) is 0. The van der Waals surface area contributed by atoms with Crippen LogP contribution in [0.25, 0.3) is 0 Å². The highest BCUT2D eigenvalue weighted by Crippen LogP contribution is 2.43. The van der Waals surface area contributed by atoms with E-state index < -0.39 is 23.7 Å². The van der Waals surface area contributed by atoms with Crippen LogP contribution in [0, 0.1) is 11.8 Å². The second-order valence-corrected chi connectivity index (χ2v) is 4.57. The number of aliphatic carboxylic acids is 1. The lowest BCUT2D eigenvalue weighted by molar-refractivity contribution is -0.159. The van der Waals surface area contributed by atoms with Crippen LogP contribution in [0.5, 0.6) is 0 Å². The van der Waals surface area contributed by atoms with Crippen LogP contribution in [0.15, 0.2) is 0 Å². The smallest absolute Gasteiger partial charge is 0.308 e. The van der Waals surface area contributed by atoms with Crippen molar-refractivity contribution in [1.82, 2.24) is 4.90 Å². The highest BCUT2D eigenvalue weighted by Gasteiger charge is 2.50. The maximum atomic E-state index is 12.6. The number of likely N-dealkylation sites (tertiary alicyclic amines) is 1. The topological polar surface area (TPSA) is 57.6 Å². The molecule has 1 heterocycles. The number of hydrogen-bond donors (Lipinski definition) is 1. The fourth-order valence-corrected chi connectivity index (χ4v) is 2.26. The number of halogens is 2. The van der Waals surface area contributed by atoms with Crippen LogP contribution in [0.3, 0.4) is 0 Å². The summed E-state index contributed by atoms with van der Waals surface area (Å²) in [7, 11) is 0. The van der Waals surface area contributed by atoms with Crippen LogP contribution in [0.2, 0.25) is 0 Å². The summed E-state index contributed by atoms with van der Waals surface area (Å²) in [5, 5.41) is 8.75. The monoisotopic (exact) mass is 233 g/mol. The van der Waals surface area contributed by atoms with Gasteiger partial charge in [-0.15, -0.1) is 0 Å². The molecule has 1 atom stereocenters. The van der Waals surface area contributed by atoms with Gasteiger partial charge in [-0.05, 0) is 6.42 Å². The van der Waals surface area contributed by atoms with Crippen molar-refractivity contribution in [3.63, 3.8) is 0 Å². The summed E-state index contributed by atoms with van der Waals surface area (Å²) in [5.74, 6) is -5.08. The molecular weight excluding hydrogens is 220 g/mol. The Morgan fingerprint density at radius 1 is 1.25 bits per heavy atom. The zero-order valence-corrected chi connectivity index (χ0v) is 8.66. The van der Waals surface area contributed by atoms with Crippen molar-refractivity contribution in [1.29, 1.82) is 0 Å². The van der Waals surface area contributed by atoms with Gasteiger partial charge in [-0.3, -0.25) is 9.59 Å². The van der Waals surface area contributed by atoms with E-state index in [-0.39, 0.29) is 25.3 Å². The summed E-state index contributed by atoms with van der Waals surface area (Å²) in [6, 6.07) is 0. The number of hydrogen-bond acceptors (Lipinski definition) is 2. The van der Waals surface area contributed by atoms with Crippen LogP contribution in [-0.2, 0) is 9.59 Å². The average molecular weight is 233 g/mol. The van der Waals surface area contributed by atoms with Crippen LogP contribution >= 0.6 is 0 Å². The molecule has 2 fully saturated rings. The van der Waals surface area contributed by atoms with E-state index in [1.54, 1.807) is 0 Å². The molecule has 16 heavy (non-hydrogen) atoms. The van der Waals surface area contributed by atoms with Crippen molar-refractivity contribution in [3.8, 4) is 0 Å². The van der Waals surface area contributed by atoms with Crippen LogP contribution in [0.1, 0.15) is 19.3 Å². The predicted molar refractivity (Wildman–Crippen MR) is 50.0 cm³/mol. The van der Waals surface area contributed by atoms with Crippen molar-refractivity contribution in [3.05, 3.63) is 0 Å². The van der Waals surface area contributed by atoms with Crippen molar-refractivity contribution in [2.45, 2.75) is 25.2 Å². The summed E-state index contributed by atoms with van der Waals surface area (Å²) < 4.78 is 25.2. The minimum absolute atomic E-state index is 0.163. The summed E-state index contributed by atoms with van der Waals surface area (Å²) in [6.07, 6.45) is -0.357. The maximum Gasteiger partial charge on any atom is 0.308 e. The molecule has 2 rings (SSSR count). The molecule has 0 aromatic rings. The molecule has 0 radical (unpaired) electrons.